The lowest BCUT2D eigenvalue weighted by Crippen LogP contribution is -2.22. The van der Waals surface area contributed by atoms with Crippen LogP contribution in [0.4, 0.5) is 11.4 Å². The van der Waals surface area contributed by atoms with Gasteiger partial charge in [-0.15, -0.1) is 11.8 Å². The highest BCUT2D eigenvalue weighted by molar-refractivity contribution is 9.10. The van der Waals surface area contributed by atoms with Gasteiger partial charge in [-0.1, -0.05) is 39.7 Å². The summed E-state index contributed by atoms with van der Waals surface area (Å²) in [5.74, 6) is -0.233. The summed E-state index contributed by atoms with van der Waals surface area (Å²) in [4.78, 5) is 25.8. The smallest absolute Gasteiger partial charge is 0.255 e. The molecular formula is C23H21BrN2O2S. The van der Waals surface area contributed by atoms with Gasteiger partial charge in [-0.3, -0.25) is 9.59 Å². The molecule has 0 saturated heterocycles. The second kappa shape index (κ2) is 9.76. The predicted molar refractivity (Wildman–Crippen MR) is 124 cm³/mol. The van der Waals surface area contributed by atoms with Crippen LogP contribution >= 0.6 is 27.7 Å². The van der Waals surface area contributed by atoms with Crippen molar-refractivity contribution in [3.05, 3.63) is 88.4 Å². The minimum atomic E-state index is -0.290. The van der Waals surface area contributed by atoms with Crippen LogP contribution in [0, 0.1) is 6.92 Å². The number of anilines is 2. The highest BCUT2D eigenvalue weighted by Gasteiger charge is 2.15. The number of carbonyl (C=O) groups is 2. The number of rotatable bonds is 6. The van der Waals surface area contributed by atoms with E-state index in [9.17, 15) is 9.59 Å². The molecule has 3 aromatic carbocycles. The first kappa shape index (κ1) is 21.1. The van der Waals surface area contributed by atoms with Crippen molar-refractivity contribution >= 4 is 50.9 Å². The van der Waals surface area contributed by atoms with Crippen LogP contribution in [0.2, 0.25) is 0 Å². The third kappa shape index (κ3) is 6.21. The summed E-state index contributed by atoms with van der Waals surface area (Å²) in [6.07, 6.45) is 0. The Kier molecular flexibility index (Phi) is 7.12. The normalized spacial score (nSPS) is 11.6. The number of aryl methyl sites for hydroxylation is 1. The van der Waals surface area contributed by atoms with E-state index < -0.39 is 0 Å². The number of thioether (sulfide) groups is 1. The molecule has 0 fully saturated rings. The van der Waals surface area contributed by atoms with Gasteiger partial charge < -0.3 is 10.6 Å². The molecule has 2 amide bonds. The molecule has 0 heterocycles. The van der Waals surface area contributed by atoms with Crippen LogP contribution in [0.15, 0.2) is 82.2 Å². The van der Waals surface area contributed by atoms with Crippen molar-refractivity contribution < 1.29 is 9.59 Å². The third-order valence-electron chi connectivity index (χ3n) is 4.17. The zero-order valence-corrected chi connectivity index (χ0v) is 18.5. The van der Waals surface area contributed by atoms with E-state index in [1.54, 1.807) is 6.07 Å². The van der Waals surface area contributed by atoms with E-state index in [4.69, 9.17) is 0 Å². The van der Waals surface area contributed by atoms with E-state index >= 15 is 0 Å². The van der Waals surface area contributed by atoms with Crippen molar-refractivity contribution in [2.75, 3.05) is 10.6 Å². The molecule has 0 aliphatic carbocycles. The minimum Gasteiger partial charge on any atom is -0.325 e. The Balaban J connectivity index is 1.62. The molecule has 0 spiro atoms. The molecule has 2 N–H and O–H groups in total. The van der Waals surface area contributed by atoms with E-state index in [1.807, 2.05) is 80.6 Å². The molecule has 1 atom stereocenters. The third-order valence-corrected chi connectivity index (χ3v) is 5.79. The maximum absolute atomic E-state index is 12.5. The molecule has 0 aromatic heterocycles. The first-order valence-electron chi connectivity index (χ1n) is 9.12. The van der Waals surface area contributed by atoms with Gasteiger partial charge in [0, 0.05) is 26.3 Å². The van der Waals surface area contributed by atoms with Crippen molar-refractivity contribution in [1.29, 1.82) is 0 Å². The maximum atomic E-state index is 12.5. The van der Waals surface area contributed by atoms with Gasteiger partial charge in [-0.25, -0.2) is 0 Å². The fraction of sp³-hybridized carbons (Fsp3) is 0.130. The Hall–Kier alpha value is -2.57. The Morgan fingerprint density at radius 3 is 2.34 bits per heavy atom. The summed E-state index contributed by atoms with van der Waals surface area (Å²) in [5.41, 5.74) is 3.10. The molecule has 6 heteroatoms. The molecule has 4 nitrogen and oxygen atoms in total. The highest BCUT2D eigenvalue weighted by atomic mass is 79.9. The van der Waals surface area contributed by atoms with Gasteiger partial charge in [0.15, 0.2) is 0 Å². The highest BCUT2D eigenvalue weighted by Crippen LogP contribution is 2.27. The summed E-state index contributed by atoms with van der Waals surface area (Å²) in [7, 11) is 0. The zero-order valence-electron chi connectivity index (χ0n) is 16.1. The maximum Gasteiger partial charge on any atom is 0.255 e. The molecule has 0 aliphatic heterocycles. The van der Waals surface area contributed by atoms with Gasteiger partial charge in [-0.2, -0.15) is 0 Å². The monoisotopic (exact) mass is 468 g/mol. The average molecular weight is 469 g/mol. The second-order valence-electron chi connectivity index (χ2n) is 6.61. The quantitative estimate of drug-likeness (QED) is 0.427. The molecule has 0 saturated carbocycles. The molecule has 1 unspecified atom stereocenters. The zero-order chi connectivity index (χ0) is 20.8. The molecule has 0 radical (unpaired) electrons. The van der Waals surface area contributed by atoms with Crippen LogP contribution in [0.1, 0.15) is 22.8 Å². The summed E-state index contributed by atoms with van der Waals surface area (Å²) >= 11 is 4.82. The summed E-state index contributed by atoms with van der Waals surface area (Å²) in [6.45, 7) is 3.81. The van der Waals surface area contributed by atoms with E-state index in [-0.39, 0.29) is 17.1 Å². The lowest BCUT2D eigenvalue weighted by Gasteiger charge is -2.13. The van der Waals surface area contributed by atoms with E-state index in [0.29, 0.717) is 11.3 Å². The van der Waals surface area contributed by atoms with Crippen molar-refractivity contribution in [3.8, 4) is 0 Å². The van der Waals surface area contributed by atoms with E-state index in [1.165, 1.54) is 11.8 Å². The molecule has 148 valence electrons. The number of nitrogens with one attached hydrogen (secondary N) is 2. The fourth-order valence-corrected chi connectivity index (χ4v) is 3.86. The van der Waals surface area contributed by atoms with Gasteiger partial charge in [0.25, 0.3) is 5.91 Å². The van der Waals surface area contributed by atoms with Crippen molar-refractivity contribution in [2.24, 2.45) is 0 Å². The number of carbonyl (C=O) groups excluding carboxylic acids is 2. The first-order chi connectivity index (χ1) is 13.9. The first-order valence-corrected chi connectivity index (χ1v) is 10.8. The average Bonchev–Trinajstić information content (AvgIpc) is 2.70. The fourth-order valence-electron chi connectivity index (χ4n) is 2.67. The van der Waals surface area contributed by atoms with Gasteiger partial charge in [0.2, 0.25) is 5.91 Å². The van der Waals surface area contributed by atoms with Crippen LogP contribution in [-0.2, 0) is 4.79 Å². The Morgan fingerprint density at radius 1 is 0.897 bits per heavy atom. The predicted octanol–water partition coefficient (Wildman–Crippen LogP) is 6.13. The SMILES string of the molecule is Cc1cccc(C(=O)Nc2cccc(SC(C)C(=O)Nc3ccc(Br)cc3)c2)c1. The minimum absolute atomic E-state index is 0.0773. The van der Waals surface area contributed by atoms with Crippen LogP contribution in [0.5, 0.6) is 0 Å². The Labute approximate surface area is 183 Å². The molecule has 0 aliphatic rings. The van der Waals surface area contributed by atoms with E-state index in [2.05, 4.69) is 26.6 Å². The number of halogens is 1. The molecule has 3 aromatic rings. The van der Waals surface area contributed by atoms with Gasteiger partial charge in [0.1, 0.15) is 0 Å². The van der Waals surface area contributed by atoms with Crippen molar-refractivity contribution in [2.45, 2.75) is 24.0 Å². The largest absolute Gasteiger partial charge is 0.325 e. The molecule has 0 bridgehead atoms. The number of hydrogen-bond donors (Lipinski definition) is 2. The van der Waals surface area contributed by atoms with E-state index in [0.717, 1.165) is 20.6 Å². The summed E-state index contributed by atoms with van der Waals surface area (Å²) < 4.78 is 0.961. The van der Waals surface area contributed by atoms with Crippen LogP contribution in [-0.4, -0.2) is 17.1 Å². The molecule has 29 heavy (non-hydrogen) atoms. The Bertz CT molecular complexity index is 1020. The molecule has 3 rings (SSSR count). The van der Waals surface area contributed by atoms with Gasteiger partial charge in [0.05, 0.1) is 5.25 Å². The number of hydrogen-bond acceptors (Lipinski definition) is 3. The van der Waals surface area contributed by atoms with Gasteiger partial charge in [-0.05, 0) is 68.4 Å². The Morgan fingerprint density at radius 2 is 1.62 bits per heavy atom. The van der Waals surface area contributed by atoms with Crippen LogP contribution in [0.3, 0.4) is 0 Å². The van der Waals surface area contributed by atoms with Crippen LogP contribution < -0.4 is 10.6 Å². The van der Waals surface area contributed by atoms with Gasteiger partial charge >= 0.3 is 0 Å². The standard InChI is InChI=1S/C23H21BrN2O2S/c1-15-5-3-6-17(13-15)23(28)26-20-7-4-8-21(14-20)29-16(2)22(27)25-19-11-9-18(24)10-12-19/h3-14,16H,1-2H3,(H,25,27)(H,26,28). The van der Waals surface area contributed by atoms with Crippen molar-refractivity contribution in [1.82, 2.24) is 0 Å². The summed E-state index contributed by atoms with van der Waals surface area (Å²) in [6, 6.07) is 22.4. The van der Waals surface area contributed by atoms with Crippen LogP contribution in [0.25, 0.3) is 0 Å². The summed E-state index contributed by atoms with van der Waals surface area (Å²) in [5, 5.41) is 5.54. The lowest BCUT2D eigenvalue weighted by molar-refractivity contribution is -0.115. The second-order valence-corrected chi connectivity index (χ2v) is 8.94. The van der Waals surface area contributed by atoms with Crippen molar-refractivity contribution in [3.63, 3.8) is 0 Å². The number of benzene rings is 3. The topological polar surface area (TPSA) is 58.2 Å². The lowest BCUT2D eigenvalue weighted by atomic mass is 10.1. The number of amides is 2. The molecular weight excluding hydrogens is 448 g/mol.